The Balaban J connectivity index is 2.17. The van der Waals surface area contributed by atoms with Crippen molar-refractivity contribution in [2.24, 2.45) is 5.73 Å². The Morgan fingerprint density at radius 2 is 1.56 bits per heavy atom. The number of nitrogens with one attached hydrogen (secondary N) is 4. The monoisotopic (exact) mass is 562 g/mol. The summed E-state index contributed by atoms with van der Waals surface area (Å²) in [7, 11) is 0. The molecule has 8 N–H and O–H groups in total. The first kappa shape index (κ1) is 31.3. The Kier molecular flexibility index (Phi) is 13.0. The number of hydrogen-bond donors (Lipinski definition) is 7. The number of carboxylic acid groups (broad SMARTS) is 2. The lowest BCUT2D eigenvalue weighted by molar-refractivity contribution is -0.143. The highest BCUT2D eigenvalue weighted by atomic mass is 32.2. The fourth-order valence-corrected chi connectivity index (χ4v) is 4.11. The fraction of sp³-hybridized carbons (Fsp3) is 0.440. The van der Waals surface area contributed by atoms with Crippen molar-refractivity contribution < 1.29 is 34.2 Å². The first-order valence-electron chi connectivity index (χ1n) is 12.2. The Hall–Kier alpha value is -3.91. The van der Waals surface area contributed by atoms with Crippen LogP contribution in [0.15, 0.2) is 42.9 Å². The Bertz CT molecular complexity index is 1100. The molecule has 0 saturated carbocycles. The van der Waals surface area contributed by atoms with Gasteiger partial charge in [0.05, 0.1) is 12.4 Å². The summed E-state index contributed by atoms with van der Waals surface area (Å²) in [6, 6.07) is 4.33. The number of benzene rings is 1. The van der Waals surface area contributed by atoms with E-state index >= 15 is 0 Å². The van der Waals surface area contributed by atoms with Gasteiger partial charge in [0.1, 0.15) is 18.1 Å². The number of carboxylic acids is 2. The molecule has 0 spiro atoms. The number of amides is 3. The van der Waals surface area contributed by atoms with E-state index in [1.54, 1.807) is 24.3 Å². The zero-order valence-electron chi connectivity index (χ0n) is 21.5. The Morgan fingerprint density at radius 1 is 0.923 bits per heavy atom. The topological polar surface area (TPSA) is 217 Å². The number of nitrogens with zero attached hydrogens (tertiary/aromatic N) is 1. The second-order valence-electron chi connectivity index (χ2n) is 8.81. The van der Waals surface area contributed by atoms with Gasteiger partial charge in [-0.25, -0.2) is 9.78 Å². The summed E-state index contributed by atoms with van der Waals surface area (Å²) in [5, 5.41) is 25.9. The van der Waals surface area contributed by atoms with Crippen molar-refractivity contribution in [3.63, 3.8) is 0 Å². The quantitative estimate of drug-likeness (QED) is 0.133. The summed E-state index contributed by atoms with van der Waals surface area (Å²) < 4.78 is 0. The van der Waals surface area contributed by atoms with Crippen LogP contribution in [0.4, 0.5) is 0 Å². The molecule has 4 atom stereocenters. The molecule has 0 saturated heterocycles. The molecule has 212 valence electrons. The summed E-state index contributed by atoms with van der Waals surface area (Å²) in [4.78, 5) is 68.4. The minimum absolute atomic E-state index is 0.114. The molecule has 13 nitrogen and oxygen atoms in total. The van der Waals surface area contributed by atoms with Crippen molar-refractivity contribution in [2.45, 2.75) is 56.3 Å². The first-order valence-corrected chi connectivity index (χ1v) is 13.6. The van der Waals surface area contributed by atoms with Crippen LogP contribution in [0, 0.1) is 0 Å². The highest BCUT2D eigenvalue weighted by Gasteiger charge is 2.30. The number of aliphatic carboxylic acids is 2. The van der Waals surface area contributed by atoms with E-state index in [1.807, 2.05) is 12.3 Å². The lowest BCUT2D eigenvalue weighted by Gasteiger charge is -2.25. The number of aromatic nitrogens is 2. The Morgan fingerprint density at radius 3 is 2.15 bits per heavy atom. The molecule has 0 fully saturated rings. The van der Waals surface area contributed by atoms with Gasteiger partial charge in [-0.2, -0.15) is 11.8 Å². The van der Waals surface area contributed by atoms with Gasteiger partial charge in [0, 0.05) is 31.2 Å². The van der Waals surface area contributed by atoms with E-state index in [-0.39, 0.29) is 25.7 Å². The highest BCUT2D eigenvalue weighted by molar-refractivity contribution is 7.98. The molecule has 0 radical (unpaired) electrons. The molecule has 0 aliphatic rings. The van der Waals surface area contributed by atoms with Crippen LogP contribution < -0.4 is 21.7 Å². The number of hydrogen-bond acceptors (Lipinski definition) is 8. The zero-order valence-corrected chi connectivity index (χ0v) is 22.3. The number of carbonyl (C=O) groups excluding carboxylic acids is 3. The maximum absolute atomic E-state index is 13.4. The van der Waals surface area contributed by atoms with Crippen LogP contribution in [0.1, 0.15) is 30.5 Å². The third-order valence-electron chi connectivity index (χ3n) is 5.75. The molecule has 1 aromatic heterocycles. The summed E-state index contributed by atoms with van der Waals surface area (Å²) in [6.07, 6.45) is 4.49. The van der Waals surface area contributed by atoms with Crippen molar-refractivity contribution in [3.05, 3.63) is 54.1 Å². The van der Waals surface area contributed by atoms with Crippen molar-refractivity contribution >= 4 is 41.4 Å². The molecule has 1 heterocycles. The number of H-pyrrole nitrogens is 1. The number of rotatable bonds is 17. The number of aromatic amines is 1. The maximum atomic E-state index is 13.4. The van der Waals surface area contributed by atoms with Crippen LogP contribution in [-0.4, -0.2) is 86.0 Å². The van der Waals surface area contributed by atoms with Crippen molar-refractivity contribution in [3.8, 4) is 0 Å². The van der Waals surface area contributed by atoms with E-state index in [2.05, 4.69) is 25.9 Å². The van der Waals surface area contributed by atoms with Gasteiger partial charge in [-0.05, 0) is 30.4 Å². The standard InChI is InChI=1S/C25H34N6O7S/c1-39-10-9-18(23(35)30-19(25(37)38)7-8-21(32)33)29-24(36)20(11-15-5-3-2-4-6-15)31-22(34)17(26)12-16-13-27-14-28-16/h2-6,13-14,17-20H,7-12,26H2,1H3,(H,27,28)(H,29,36)(H,30,35)(H,31,34)(H,32,33)(H,37,38). The molecule has 14 heteroatoms. The molecule has 2 rings (SSSR count). The van der Waals surface area contributed by atoms with E-state index in [0.29, 0.717) is 11.4 Å². The molecule has 1 aromatic carbocycles. The number of nitrogens with two attached hydrogens (primary N) is 1. The maximum Gasteiger partial charge on any atom is 0.326 e. The van der Waals surface area contributed by atoms with E-state index < -0.39 is 60.2 Å². The van der Waals surface area contributed by atoms with Gasteiger partial charge < -0.3 is 36.9 Å². The van der Waals surface area contributed by atoms with Gasteiger partial charge in [-0.3, -0.25) is 19.2 Å². The first-order chi connectivity index (χ1) is 18.6. The molecule has 2 aromatic rings. The lowest BCUT2D eigenvalue weighted by Crippen LogP contribution is -2.58. The van der Waals surface area contributed by atoms with Gasteiger partial charge in [0.15, 0.2) is 0 Å². The number of imidazole rings is 1. The average Bonchev–Trinajstić information content (AvgIpc) is 3.41. The largest absolute Gasteiger partial charge is 0.481 e. The second-order valence-corrected chi connectivity index (χ2v) is 9.80. The molecular formula is C25H34N6O7S. The van der Waals surface area contributed by atoms with Crippen molar-refractivity contribution in [1.29, 1.82) is 0 Å². The molecule has 0 aliphatic heterocycles. The SMILES string of the molecule is CSCCC(NC(=O)C(Cc1ccccc1)NC(=O)C(N)Cc1cnc[nH]1)C(=O)NC(CCC(=O)O)C(=O)O. The average molecular weight is 563 g/mol. The molecule has 4 unspecified atom stereocenters. The van der Waals surface area contributed by atoms with Crippen molar-refractivity contribution in [1.82, 2.24) is 25.9 Å². The third kappa shape index (κ3) is 11.2. The van der Waals surface area contributed by atoms with Gasteiger partial charge in [-0.15, -0.1) is 0 Å². The minimum atomic E-state index is -1.44. The highest BCUT2D eigenvalue weighted by Crippen LogP contribution is 2.08. The lowest BCUT2D eigenvalue weighted by atomic mass is 10.0. The predicted octanol–water partition coefficient (Wildman–Crippen LogP) is -0.321. The van der Waals surface area contributed by atoms with Crippen LogP contribution in [0.5, 0.6) is 0 Å². The Labute approximate surface area is 229 Å². The summed E-state index contributed by atoms with van der Waals surface area (Å²) in [5.41, 5.74) is 7.44. The van der Waals surface area contributed by atoms with Crippen LogP contribution in [-0.2, 0) is 36.8 Å². The van der Waals surface area contributed by atoms with Gasteiger partial charge >= 0.3 is 11.9 Å². The van der Waals surface area contributed by atoms with Crippen LogP contribution in [0.25, 0.3) is 0 Å². The zero-order chi connectivity index (χ0) is 28.8. The van der Waals surface area contributed by atoms with Crippen LogP contribution in [0.3, 0.4) is 0 Å². The predicted molar refractivity (Wildman–Crippen MR) is 144 cm³/mol. The third-order valence-corrected chi connectivity index (χ3v) is 6.40. The molecule has 0 aliphatic carbocycles. The smallest absolute Gasteiger partial charge is 0.326 e. The van der Waals surface area contributed by atoms with E-state index in [1.165, 1.54) is 24.3 Å². The summed E-state index contributed by atoms with van der Waals surface area (Å²) in [5.74, 6) is -4.12. The molecule has 3 amide bonds. The number of carbonyl (C=O) groups is 5. The fourth-order valence-electron chi connectivity index (χ4n) is 3.64. The van der Waals surface area contributed by atoms with Crippen LogP contribution >= 0.6 is 11.8 Å². The molecule has 0 bridgehead atoms. The molecular weight excluding hydrogens is 528 g/mol. The summed E-state index contributed by atoms with van der Waals surface area (Å²) in [6.45, 7) is 0. The van der Waals surface area contributed by atoms with Gasteiger partial charge in [0.2, 0.25) is 17.7 Å². The number of thioether (sulfide) groups is 1. The second kappa shape index (κ2) is 16.1. The van der Waals surface area contributed by atoms with Crippen molar-refractivity contribution in [2.75, 3.05) is 12.0 Å². The van der Waals surface area contributed by atoms with E-state index in [0.717, 1.165) is 5.56 Å². The van der Waals surface area contributed by atoms with E-state index in [4.69, 9.17) is 10.8 Å². The minimum Gasteiger partial charge on any atom is -0.481 e. The van der Waals surface area contributed by atoms with Gasteiger partial charge in [-0.1, -0.05) is 30.3 Å². The van der Waals surface area contributed by atoms with E-state index in [9.17, 15) is 29.1 Å². The molecule has 39 heavy (non-hydrogen) atoms. The van der Waals surface area contributed by atoms with Crippen LogP contribution in [0.2, 0.25) is 0 Å². The summed E-state index contributed by atoms with van der Waals surface area (Å²) >= 11 is 1.42. The normalized spacial score (nSPS) is 13.9. The van der Waals surface area contributed by atoms with Gasteiger partial charge in [0.25, 0.3) is 0 Å².